The fourth-order valence-electron chi connectivity index (χ4n) is 0.143. The Labute approximate surface area is 51.2 Å². The van der Waals surface area contributed by atoms with E-state index >= 15 is 0 Å². The van der Waals surface area contributed by atoms with Crippen LogP contribution < -0.4 is 6.15 Å². The second kappa shape index (κ2) is 4.79. The van der Waals surface area contributed by atoms with Gasteiger partial charge in [-0.05, 0) is 0 Å². The minimum Gasteiger partial charge on any atom is -0.478 e. The van der Waals surface area contributed by atoms with Crippen molar-refractivity contribution in [1.82, 2.24) is 6.15 Å². The number of nitrogens with zero attached hydrogens (tertiary/aromatic N) is 1. The molecule has 5 heteroatoms. The third-order valence-corrected chi connectivity index (χ3v) is 0.368. The van der Waals surface area contributed by atoms with Crippen molar-refractivity contribution in [1.29, 1.82) is 0 Å². The highest BCUT2D eigenvalue weighted by Gasteiger charge is 1.88. The molecule has 0 aromatic heterocycles. The Morgan fingerprint density at radius 1 is 1.00 bits per heavy atom. The zero-order valence-corrected chi connectivity index (χ0v) is 4.31. The van der Waals surface area contributed by atoms with Gasteiger partial charge in [-0.3, -0.25) is 0 Å². The second-order valence-corrected chi connectivity index (χ2v) is 1.01. The molecule has 2 N–H and O–H groups in total. The number of carboxylic acids is 2. The highest BCUT2D eigenvalue weighted by Crippen LogP contribution is 1.70. The van der Waals surface area contributed by atoms with Gasteiger partial charge in [0.15, 0.2) is 0 Å². The molecule has 3 radical (unpaired) electrons. The maximum Gasteiger partial charge on any atom is 0.328 e. The van der Waals surface area contributed by atoms with Crippen molar-refractivity contribution in [2.45, 2.75) is 0 Å². The summed E-state index contributed by atoms with van der Waals surface area (Å²) in [5.74, 6) is -2.51. The molecule has 0 bridgehead atoms. The molecule has 5 nitrogen and oxygen atoms in total. The quantitative estimate of drug-likeness (QED) is 0.478. The third kappa shape index (κ3) is 10.8. The minimum absolute atomic E-state index is 0. The summed E-state index contributed by atoms with van der Waals surface area (Å²) >= 11 is 0. The summed E-state index contributed by atoms with van der Waals surface area (Å²) in [6, 6.07) is 0. The molecular formula is C4H4NO4. The van der Waals surface area contributed by atoms with E-state index in [0.717, 1.165) is 0 Å². The molecule has 0 saturated heterocycles. The van der Waals surface area contributed by atoms with Gasteiger partial charge in [-0.25, -0.2) is 9.59 Å². The van der Waals surface area contributed by atoms with Crippen molar-refractivity contribution in [2.75, 3.05) is 0 Å². The molecule has 0 aliphatic carbocycles. The number of carboxylic acid groups (broad SMARTS) is 2. The van der Waals surface area contributed by atoms with Crippen LogP contribution in [0.1, 0.15) is 0 Å². The molecule has 0 amide bonds. The van der Waals surface area contributed by atoms with E-state index in [4.69, 9.17) is 10.2 Å². The monoisotopic (exact) mass is 130 g/mol. The Morgan fingerprint density at radius 2 is 1.22 bits per heavy atom. The van der Waals surface area contributed by atoms with Gasteiger partial charge in [-0.2, -0.15) is 0 Å². The first kappa shape index (κ1) is 10.6. The molecule has 0 fully saturated rings. The lowest BCUT2D eigenvalue weighted by atomic mass is 10.5. The van der Waals surface area contributed by atoms with Gasteiger partial charge in [-0.1, -0.05) is 0 Å². The second-order valence-electron chi connectivity index (χ2n) is 1.01. The molecule has 0 aromatic carbocycles. The number of rotatable bonds is 2. The van der Waals surface area contributed by atoms with E-state index < -0.39 is 11.9 Å². The van der Waals surface area contributed by atoms with Crippen molar-refractivity contribution in [3.63, 3.8) is 0 Å². The lowest BCUT2D eigenvalue weighted by Crippen LogP contribution is -1.91. The first-order valence-electron chi connectivity index (χ1n) is 1.77. The van der Waals surface area contributed by atoms with Crippen molar-refractivity contribution >= 4 is 11.9 Å². The van der Waals surface area contributed by atoms with Gasteiger partial charge in [0.05, 0.1) is 0 Å². The van der Waals surface area contributed by atoms with Crippen molar-refractivity contribution in [3.05, 3.63) is 12.2 Å². The standard InChI is InChI=1S/C4H4O4.N/c5-3(6)1-2-4(7)8;/h1-2H,(H,5,6)(H,7,8);. The molecule has 0 unspecified atom stereocenters. The zero-order chi connectivity index (χ0) is 6.57. The highest BCUT2D eigenvalue weighted by molar-refractivity contribution is 5.89. The Morgan fingerprint density at radius 3 is 1.33 bits per heavy atom. The van der Waals surface area contributed by atoms with Crippen molar-refractivity contribution in [2.24, 2.45) is 0 Å². The predicted octanol–water partition coefficient (Wildman–Crippen LogP) is -0.769. The Hall–Kier alpha value is -1.36. The van der Waals surface area contributed by atoms with E-state index in [2.05, 4.69) is 0 Å². The highest BCUT2D eigenvalue weighted by atomic mass is 16.4. The number of aliphatic carboxylic acids is 2. The van der Waals surface area contributed by atoms with Gasteiger partial charge < -0.3 is 10.2 Å². The summed E-state index contributed by atoms with van der Waals surface area (Å²) in [5, 5.41) is 15.6. The first-order chi connectivity index (χ1) is 3.63. The van der Waals surface area contributed by atoms with Crippen LogP contribution in [0.15, 0.2) is 12.2 Å². The number of carbonyl (C=O) groups is 2. The fraction of sp³-hybridized carbons (Fsp3) is 0. The van der Waals surface area contributed by atoms with E-state index in [9.17, 15) is 9.59 Å². The Bertz CT molecular complexity index is 124. The van der Waals surface area contributed by atoms with Gasteiger partial charge in [0.1, 0.15) is 0 Å². The Kier molecular flexibility index (Phi) is 5.64. The van der Waals surface area contributed by atoms with E-state index in [-0.39, 0.29) is 6.15 Å². The van der Waals surface area contributed by atoms with Crippen LogP contribution in [0.3, 0.4) is 0 Å². The molecule has 0 aliphatic heterocycles. The molecule has 0 heterocycles. The van der Waals surface area contributed by atoms with Crippen LogP contribution in [0.25, 0.3) is 0 Å². The van der Waals surface area contributed by atoms with Crippen LogP contribution in [0.5, 0.6) is 0 Å². The minimum atomic E-state index is -1.26. The maximum atomic E-state index is 9.55. The van der Waals surface area contributed by atoms with E-state index in [1.165, 1.54) is 0 Å². The summed E-state index contributed by atoms with van der Waals surface area (Å²) in [6.45, 7) is 0. The topological polar surface area (TPSA) is 105 Å². The summed E-state index contributed by atoms with van der Waals surface area (Å²) in [4.78, 5) is 19.1. The maximum absolute atomic E-state index is 9.55. The SMILES string of the molecule is O=C(O)C=CC(=O)O.[N]. The molecule has 49 valence electrons. The third-order valence-electron chi connectivity index (χ3n) is 0.368. The van der Waals surface area contributed by atoms with Crippen LogP contribution in [0, 0.1) is 0 Å². The van der Waals surface area contributed by atoms with Crippen LogP contribution in [-0.4, -0.2) is 22.2 Å². The van der Waals surface area contributed by atoms with E-state index in [0.29, 0.717) is 12.2 Å². The smallest absolute Gasteiger partial charge is 0.328 e. The molecule has 0 saturated carbocycles. The molecule has 0 spiro atoms. The van der Waals surface area contributed by atoms with Crippen LogP contribution in [0.4, 0.5) is 0 Å². The first-order valence-corrected chi connectivity index (χ1v) is 1.77. The number of hydrogen-bond donors (Lipinski definition) is 2. The lowest BCUT2D eigenvalue weighted by Gasteiger charge is -1.74. The fourth-order valence-corrected chi connectivity index (χ4v) is 0.143. The zero-order valence-electron chi connectivity index (χ0n) is 4.31. The summed E-state index contributed by atoms with van der Waals surface area (Å²) in [6.07, 6.45) is 1.12. The normalized spacial score (nSPS) is 8.44. The molecule has 9 heavy (non-hydrogen) atoms. The Balaban J connectivity index is 0. The van der Waals surface area contributed by atoms with Crippen LogP contribution in [0.2, 0.25) is 0 Å². The summed E-state index contributed by atoms with van der Waals surface area (Å²) in [7, 11) is 0. The summed E-state index contributed by atoms with van der Waals surface area (Å²) in [5.41, 5.74) is 0. The van der Waals surface area contributed by atoms with Crippen LogP contribution in [-0.2, 0) is 9.59 Å². The molecule has 0 aromatic rings. The average molecular weight is 130 g/mol. The molecule has 0 atom stereocenters. The van der Waals surface area contributed by atoms with Gasteiger partial charge in [0.2, 0.25) is 0 Å². The van der Waals surface area contributed by atoms with Gasteiger partial charge in [0.25, 0.3) is 0 Å². The largest absolute Gasteiger partial charge is 0.478 e. The van der Waals surface area contributed by atoms with E-state index in [1.807, 2.05) is 0 Å². The average Bonchev–Trinajstić information content (AvgIpc) is 1.61. The van der Waals surface area contributed by atoms with Gasteiger partial charge in [0, 0.05) is 18.3 Å². The van der Waals surface area contributed by atoms with Crippen molar-refractivity contribution in [3.8, 4) is 0 Å². The predicted molar refractivity (Wildman–Crippen MR) is 26.5 cm³/mol. The van der Waals surface area contributed by atoms with Gasteiger partial charge in [-0.15, -0.1) is 0 Å². The van der Waals surface area contributed by atoms with Crippen LogP contribution >= 0.6 is 0 Å². The summed E-state index contributed by atoms with van der Waals surface area (Å²) < 4.78 is 0. The van der Waals surface area contributed by atoms with Gasteiger partial charge >= 0.3 is 11.9 Å². The molecule has 0 rings (SSSR count). The molecule has 0 aliphatic rings. The lowest BCUT2D eigenvalue weighted by molar-refractivity contribution is -0.134. The molecular weight excluding hydrogens is 126 g/mol. The number of hydrogen-bond acceptors (Lipinski definition) is 2. The van der Waals surface area contributed by atoms with E-state index in [1.54, 1.807) is 0 Å². The van der Waals surface area contributed by atoms with Crippen molar-refractivity contribution < 1.29 is 19.8 Å².